The summed E-state index contributed by atoms with van der Waals surface area (Å²) in [6.07, 6.45) is 1.35. The topological polar surface area (TPSA) is 91.2 Å². The summed E-state index contributed by atoms with van der Waals surface area (Å²) in [6.45, 7) is 6.31. The lowest BCUT2D eigenvalue weighted by atomic mass is 9.87. The molecular formula is C19H22N2O4. The van der Waals surface area contributed by atoms with Gasteiger partial charge in [0.15, 0.2) is 11.5 Å². The Balaban J connectivity index is 2.07. The number of carbonyl (C=O) groups is 1. The van der Waals surface area contributed by atoms with Gasteiger partial charge in [0.05, 0.1) is 13.3 Å². The Morgan fingerprint density at radius 3 is 2.36 bits per heavy atom. The van der Waals surface area contributed by atoms with Crippen molar-refractivity contribution in [3.63, 3.8) is 0 Å². The fourth-order valence-electron chi connectivity index (χ4n) is 2.20. The monoisotopic (exact) mass is 342 g/mol. The van der Waals surface area contributed by atoms with Gasteiger partial charge in [0.1, 0.15) is 0 Å². The van der Waals surface area contributed by atoms with Crippen molar-refractivity contribution in [1.82, 2.24) is 5.43 Å². The number of methoxy groups -OCH3 is 1. The van der Waals surface area contributed by atoms with E-state index in [1.54, 1.807) is 12.1 Å². The van der Waals surface area contributed by atoms with Crippen LogP contribution < -0.4 is 10.2 Å². The van der Waals surface area contributed by atoms with Crippen molar-refractivity contribution in [2.24, 2.45) is 5.10 Å². The summed E-state index contributed by atoms with van der Waals surface area (Å²) in [5.74, 6) is -0.898. The maximum atomic E-state index is 12.1. The van der Waals surface area contributed by atoms with Crippen LogP contribution in [0.25, 0.3) is 0 Å². The number of hydrogen-bond donors (Lipinski definition) is 3. The van der Waals surface area contributed by atoms with Crippen LogP contribution in [0.4, 0.5) is 0 Å². The van der Waals surface area contributed by atoms with E-state index in [0.29, 0.717) is 11.1 Å². The number of rotatable bonds is 4. The Bertz CT molecular complexity index is 790. The van der Waals surface area contributed by atoms with Gasteiger partial charge in [-0.25, -0.2) is 5.43 Å². The summed E-state index contributed by atoms with van der Waals surface area (Å²) in [5.41, 5.74) is 4.55. The number of hydrogen-bond acceptors (Lipinski definition) is 5. The van der Waals surface area contributed by atoms with E-state index in [2.05, 4.69) is 31.3 Å². The van der Waals surface area contributed by atoms with E-state index in [1.165, 1.54) is 25.5 Å². The van der Waals surface area contributed by atoms with Gasteiger partial charge in [-0.2, -0.15) is 5.10 Å². The van der Waals surface area contributed by atoms with Gasteiger partial charge in [0, 0.05) is 11.1 Å². The number of phenolic OH excluding ortho intramolecular Hbond substituents is 2. The molecule has 0 aromatic heterocycles. The molecule has 0 radical (unpaired) electrons. The molecule has 0 fully saturated rings. The summed E-state index contributed by atoms with van der Waals surface area (Å²) in [4.78, 5) is 12.1. The summed E-state index contributed by atoms with van der Waals surface area (Å²) < 4.78 is 4.94. The summed E-state index contributed by atoms with van der Waals surface area (Å²) >= 11 is 0. The quantitative estimate of drug-likeness (QED) is 0.452. The van der Waals surface area contributed by atoms with Crippen molar-refractivity contribution < 1.29 is 19.7 Å². The third-order valence-corrected chi connectivity index (χ3v) is 3.69. The molecule has 0 saturated heterocycles. The van der Waals surface area contributed by atoms with Crippen LogP contribution in [0.1, 0.15) is 42.3 Å². The highest BCUT2D eigenvalue weighted by molar-refractivity contribution is 5.95. The van der Waals surface area contributed by atoms with Crippen molar-refractivity contribution in [3.05, 3.63) is 53.1 Å². The second-order valence-electron chi connectivity index (χ2n) is 6.62. The number of amides is 1. The van der Waals surface area contributed by atoms with E-state index in [9.17, 15) is 15.0 Å². The zero-order valence-electron chi connectivity index (χ0n) is 14.7. The molecule has 0 heterocycles. The average Bonchev–Trinajstić information content (AvgIpc) is 2.57. The Morgan fingerprint density at radius 1 is 1.16 bits per heavy atom. The van der Waals surface area contributed by atoms with Crippen molar-refractivity contribution in [2.75, 3.05) is 7.11 Å². The van der Waals surface area contributed by atoms with Gasteiger partial charge < -0.3 is 14.9 Å². The average molecular weight is 342 g/mol. The number of hydrazone groups is 1. The molecule has 0 bridgehead atoms. The molecule has 1 amide bonds. The van der Waals surface area contributed by atoms with E-state index < -0.39 is 0 Å². The van der Waals surface area contributed by atoms with Crippen LogP contribution in [0.5, 0.6) is 17.2 Å². The van der Waals surface area contributed by atoms with Crippen LogP contribution in [-0.4, -0.2) is 29.4 Å². The molecule has 6 heteroatoms. The van der Waals surface area contributed by atoms with Crippen LogP contribution in [0, 0.1) is 0 Å². The molecule has 2 aromatic carbocycles. The molecule has 0 aliphatic heterocycles. The minimum Gasteiger partial charge on any atom is -0.504 e. The Morgan fingerprint density at radius 2 is 1.80 bits per heavy atom. The van der Waals surface area contributed by atoms with Gasteiger partial charge in [-0.05, 0) is 35.2 Å². The molecule has 0 aliphatic rings. The predicted molar refractivity (Wildman–Crippen MR) is 96.5 cm³/mol. The normalized spacial score (nSPS) is 11.5. The number of benzene rings is 2. The second kappa shape index (κ2) is 7.25. The molecule has 25 heavy (non-hydrogen) atoms. The second-order valence-corrected chi connectivity index (χ2v) is 6.62. The van der Waals surface area contributed by atoms with Crippen LogP contribution in [-0.2, 0) is 5.41 Å². The zero-order chi connectivity index (χ0) is 18.6. The maximum absolute atomic E-state index is 12.1. The summed E-state index contributed by atoms with van der Waals surface area (Å²) in [5, 5.41) is 23.0. The number of ether oxygens (including phenoxy) is 1. The molecule has 3 N–H and O–H groups in total. The van der Waals surface area contributed by atoms with Crippen LogP contribution >= 0.6 is 0 Å². The zero-order valence-corrected chi connectivity index (χ0v) is 14.7. The Hall–Kier alpha value is -3.02. The standard InChI is InChI=1S/C19H22N2O4/c1-19(2,3)14-7-5-13(6-8-14)18(24)21-20-11-12-9-15(22)17(23)16(10-12)25-4/h5-11,22-23H,1-4H3,(H,21,24)/b20-11+. The number of carbonyl (C=O) groups excluding carboxylic acids is 1. The molecule has 2 aromatic rings. The molecule has 0 unspecified atom stereocenters. The van der Waals surface area contributed by atoms with Crippen molar-refractivity contribution in [2.45, 2.75) is 26.2 Å². The highest BCUT2D eigenvalue weighted by Crippen LogP contribution is 2.35. The molecule has 0 aliphatic carbocycles. The van der Waals surface area contributed by atoms with E-state index in [0.717, 1.165) is 5.56 Å². The van der Waals surface area contributed by atoms with Crippen LogP contribution in [0.2, 0.25) is 0 Å². The lowest BCUT2D eigenvalue weighted by Gasteiger charge is -2.18. The molecule has 0 spiro atoms. The number of nitrogens with zero attached hydrogens (tertiary/aromatic N) is 1. The van der Waals surface area contributed by atoms with Gasteiger partial charge in [0.2, 0.25) is 5.75 Å². The van der Waals surface area contributed by atoms with E-state index in [-0.39, 0.29) is 28.6 Å². The maximum Gasteiger partial charge on any atom is 0.271 e. The first-order chi connectivity index (χ1) is 11.7. The van der Waals surface area contributed by atoms with E-state index in [1.807, 2.05) is 12.1 Å². The molecule has 132 valence electrons. The van der Waals surface area contributed by atoms with Crippen molar-refractivity contribution in [3.8, 4) is 17.2 Å². The summed E-state index contributed by atoms with van der Waals surface area (Å²) in [7, 11) is 1.37. The fourth-order valence-corrected chi connectivity index (χ4v) is 2.20. The molecular weight excluding hydrogens is 320 g/mol. The smallest absolute Gasteiger partial charge is 0.271 e. The molecule has 0 atom stereocenters. The highest BCUT2D eigenvalue weighted by Gasteiger charge is 2.14. The number of aromatic hydroxyl groups is 2. The van der Waals surface area contributed by atoms with Gasteiger partial charge in [-0.1, -0.05) is 32.9 Å². The minimum atomic E-state index is -0.345. The molecule has 2 rings (SSSR count). The van der Waals surface area contributed by atoms with Gasteiger partial charge in [-0.15, -0.1) is 0 Å². The first-order valence-electron chi connectivity index (χ1n) is 7.76. The van der Waals surface area contributed by atoms with Gasteiger partial charge >= 0.3 is 0 Å². The largest absolute Gasteiger partial charge is 0.504 e. The first kappa shape index (κ1) is 18.3. The number of nitrogens with one attached hydrogen (secondary N) is 1. The first-order valence-corrected chi connectivity index (χ1v) is 7.76. The molecule has 0 saturated carbocycles. The van der Waals surface area contributed by atoms with Crippen molar-refractivity contribution >= 4 is 12.1 Å². The van der Waals surface area contributed by atoms with Gasteiger partial charge in [0.25, 0.3) is 5.91 Å². The lowest BCUT2D eigenvalue weighted by Crippen LogP contribution is -2.18. The summed E-state index contributed by atoms with van der Waals surface area (Å²) in [6, 6.07) is 10.1. The number of phenols is 2. The predicted octanol–water partition coefficient (Wildman–Crippen LogP) is 3.17. The third-order valence-electron chi connectivity index (χ3n) is 3.69. The van der Waals surface area contributed by atoms with Crippen molar-refractivity contribution in [1.29, 1.82) is 0 Å². The highest BCUT2D eigenvalue weighted by atomic mass is 16.5. The third kappa shape index (κ3) is 4.50. The van der Waals surface area contributed by atoms with E-state index in [4.69, 9.17) is 4.74 Å². The van der Waals surface area contributed by atoms with E-state index >= 15 is 0 Å². The van der Waals surface area contributed by atoms with Gasteiger partial charge in [-0.3, -0.25) is 4.79 Å². The Labute approximate surface area is 146 Å². The fraction of sp³-hybridized carbons (Fsp3) is 0.263. The molecule has 6 nitrogen and oxygen atoms in total. The minimum absolute atomic E-state index is 0.0209. The van der Waals surface area contributed by atoms with Crippen LogP contribution in [0.15, 0.2) is 41.5 Å². The Kier molecular flexibility index (Phi) is 5.32. The lowest BCUT2D eigenvalue weighted by molar-refractivity contribution is 0.0955. The SMILES string of the molecule is COc1cc(/C=N/NC(=O)c2ccc(C(C)(C)C)cc2)cc(O)c1O. The van der Waals surface area contributed by atoms with Crippen LogP contribution in [0.3, 0.4) is 0 Å².